The zero-order chi connectivity index (χ0) is 21.5. The molecule has 1 aromatic carbocycles. The number of aromatic nitrogens is 1. The van der Waals surface area contributed by atoms with Crippen molar-refractivity contribution in [3.8, 4) is 5.75 Å². The number of nitrogens with one attached hydrogen (secondary N) is 3. The van der Waals surface area contributed by atoms with E-state index in [0.29, 0.717) is 18.8 Å². The molecule has 1 aromatic heterocycles. The minimum absolute atomic E-state index is 0.0692. The third kappa shape index (κ3) is 6.19. The van der Waals surface area contributed by atoms with E-state index in [0.717, 1.165) is 47.6 Å². The lowest BCUT2D eigenvalue weighted by molar-refractivity contribution is 0.0911. The number of amides is 3. The number of rotatable bonds is 7. The molecule has 1 fully saturated rings. The maximum Gasteiger partial charge on any atom is 0.315 e. The van der Waals surface area contributed by atoms with Crippen LogP contribution in [-0.4, -0.2) is 35.6 Å². The number of carbonyl (C=O) groups excluding carboxylic acids is 2. The summed E-state index contributed by atoms with van der Waals surface area (Å²) in [5.74, 6) is 0.591. The molecule has 1 aliphatic rings. The average molecular weight is 431 g/mol. The Hall–Kier alpha value is -2.61. The highest BCUT2D eigenvalue weighted by Gasteiger charge is 2.28. The van der Waals surface area contributed by atoms with Crippen molar-refractivity contribution in [2.45, 2.75) is 65.1 Å². The Labute approximate surface area is 181 Å². The van der Waals surface area contributed by atoms with Crippen LogP contribution >= 0.6 is 11.3 Å². The molecule has 3 N–H and O–H groups in total. The van der Waals surface area contributed by atoms with E-state index in [9.17, 15) is 9.59 Å². The van der Waals surface area contributed by atoms with Crippen molar-refractivity contribution in [2.24, 2.45) is 0 Å². The first-order valence-corrected chi connectivity index (χ1v) is 11.3. The van der Waals surface area contributed by atoms with E-state index in [2.05, 4.69) is 27.0 Å². The minimum atomic E-state index is -0.210. The maximum atomic E-state index is 12.7. The predicted octanol–water partition coefficient (Wildman–Crippen LogP) is 3.70. The van der Waals surface area contributed by atoms with Gasteiger partial charge in [-0.3, -0.25) is 4.79 Å². The summed E-state index contributed by atoms with van der Waals surface area (Å²) in [5.41, 5.74) is 2.68. The first-order chi connectivity index (χ1) is 14.4. The van der Waals surface area contributed by atoms with Crippen LogP contribution in [0.1, 0.15) is 59.2 Å². The molecule has 8 heteroatoms. The zero-order valence-electron chi connectivity index (χ0n) is 17.8. The van der Waals surface area contributed by atoms with E-state index < -0.39 is 0 Å². The number of thiazole rings is 1. The van der Waals surface area contributed by atoms with Crippen LogP contribution in [0.3, 0.4) is 0 Å². The number of nitrogens with zero attached hydrogens (tertiary/aromatic N) is 1. The summed E-state index contributed by atoms with van der Waals surface area (Å²) in [6.45, 7) is 6.84. The molecule has 2 aromatic rings. The van der Waals surface area contributed by atoms with Gasteiger partial charge in [-0.15, -0.1) is 11.3 Å². The lowest BCUT2D eigenvalue weighted by atomic mass is 9.90. The molecule has 162 valence electrons. The van der Waals surface area contributed by atoms with Gasteiger partial charge in [-0.1, -0.05) is 18.9 Å². The quantitative estimate of drug-likeness (QED) is 0.625. The van der Waals surface area contributed by atoms with Crippen LogP contribution in [0, 0.1) is 13.8 Å². The van der Waals surface area contributed by atoms with Crippen molar-refractivity contribution in [1.82, 2.24) is 20.9 Å². The number of aryl methyl sites for hydroxylation is 2. The Kier molecular flexibility index (Phi) is 7.68. The standard InChI is InChI=1S/C22H30N4O3S/c1-4-23-22(28)26-18-8-6-5-7-17(18)25-21(27)19-13-30-20(24-19)12-29-16-10-14(2)9-15(3)11-16/h9-11,13,17-18H,4-8,12H2,1-3H3,(H,25,27)(H2,23,26,28)/t17-,18+/m0/s1. The molecule has 3 amide bonds. The molecule has 0 bridgehead atoms. The average Bonchev–Trinajstić information content (AvgIpc) is 3.17. The first-order valence-electron chi connectivity index (χ1n) is 10.5. The highest BCUT2D eigenvalue weighted by molar-refractivity contribution is 7.09. The largest absolute Gasteiger partial charge is 0.486 e. The number of hydrogen-bond donors (Lipinski definition) is 3. The van der Waals surface area contributed by atoms with Gasteiger partial charge >= 0.3 is 6.03 Å². The summed E-state index contributed by atoms with van der Waals surface area (Å²) in [6.07, 6.45) is 3.77. The number of hydrogen-bond acceptors (Lipinski definition) is 5. The normalized spacial score (nSPS) is 18.5. The second kappa shape index (κ2) is 10.4. The Balaban J connectivity index is 1.56. The Morgan fingerprint density at radius 2 is 1.77 bits per heavy atom. The topological polar surface area (TPSA) is 92.4 Å². The molecular formula is C22H30N4O3S. The molecule has 0 spiro atoms. The van der Waals surface area contributed by atoms with Gasteiger partial charge in [-0.25, -0.2) is 9.78 Å². The van der Waals surface area contributed by atoms with Gasteiger partial charge in [0, 0.05) is 18.0 Å². The molecule has 0 radical (unpaired) electrons. The molecule has 30 heavy (non-hydrogen) atoms. The van der Waals surface area contributed by atoms with Gasteiger partial charge in [0.05, 0.1) is 6.04 Å². The van der Waals surface area contributed by atoms with Crippen LogP contribution in [0.2, 0.25) is 0 Å². The number of benzene rings is 1. The molecule has 1 heterocycles. The van der Waals surface area contributed by atoms with E-state index in [1.165, 1.54) is 11.3 Å². The Morgan fingerprint density at radius 1 is 1.10 bits per heavy atom. The zero-order valence-corrected chi connectivity index (χ0v) is 18.6. The molecule has 0 unspecified atom stereocenters. The van der Waals surface area contributed by atoms with Gasteiger partial charge < -0.3 is 20.7 Å². The van der Waals surface area contributed by atoms with Crippen LogP contribution in [0.25, 0.3) is 0 Å². The van der Waals surface area contributed by atoms with E-state index in [1.54, 1.807) is 5.38 Å². The van der Waals surface area contributed by atoms with E-state index >= 15 is 0 Å². The van der Waals surface area contributed by atoms with Crippen molar-refractivity contribution >= 4 is 23.3 Å². The minimum Gasteiger partial charge on any atom is -0.486 e. The Bertz CT molecular complexity index is 863. The summed E-state index contributed by atoms with van der Waals surface area (Å²) < 4.78 is 5.84. The Morgan fingerprint density at radius 3 is 2.43 bits per heavy atom. The van der Waals surface area contributed by atoms with Gasteiger partial charge in [0.1, 0.15) is 23.1 Å². The smallest absolute Gasteiger partial charge is 0.315 e. The van der Waals surface area contributed by atoms with Gasteiger partial charge in [-0.05, 0) is 56.9 Å². The van der Waals surface area contributed by atoms with Crippen molar-refractivity contribution in [3.63, 3.8) is 0 Å². The molecule has 7 nitrogen and oxygen atoms in total. The number of carbonyl (C=O) groups is 2. The second-order valence-electron chi connectivity index (χ2n) is 7.71. The van der Waals surface area contributed by atoms with E-state index in [-0.39, 0.29) is 24.0 Å². The fourth-order valence-corrected chi connectivity index (χ4v) is 4.43. The number of ether oxygens (including phenoxy) is 1. The maximum absolute atomic E-state index is 12.7. The lowest BCUT2D eigenvalue weighted by Gasteiger charge is -2.32. The molecular weight excluding hydrogens is 400 g/mol. The first kappa shape index (κ1) is 22.1. The second-order valence-corrected chi connectivity index (χ2v) is 8.66. The van der Waals surface area contributed by atoms with Crippen LogP contribution in [0.5, 0.6) is 5.75 Å². The van der Waals surface area contributed by atoms with Crippen molar-refractivity contribution < 1.29 is 14.3 Å². The molecule has 3 rings (SSSR count). The molecule has 1 saturated carbocycles. The summed E-state index contributed by atoms with van der Waals surface area (Å²) in [6, 6.07) is 5.71. The summed E-state index contributed by atoms with van der Waals surface area (Å²) in [7, 11) is 0. The van der Waals surface area contributed by atoms with Gasteiger partial charge in [0.15, 0.2) is 0 Å². The SMILES string of the molecule is CCNC(=O)N[C@@H]1CCCC[C@@H]1NC(=O)c1csc(COc2cc(C)cc(C)c2)n1. The number of urea groups is 1. The summed E-state index contributed by atoms with van der Waals surface area (Å²) in [4.78, 5) is 29.0. The summed E-state index contributed by atoms with van der Waals surface area (Å²) in [5, 5.41) is 11.3. The van der Waals surface area contributed by atoms with E-state index in [4.69, 9.17) is 4.74 Å². The van der Waals surface area contributed by atoms with Crippen molar-refractivity contribution in [2.75, 3.05) is 6.54 Å². The van der Waals surface area contributed by atoms with Crippen LogP contribution in [0.15, 0.2) is 23.6 Å². The van der Waals surface area contributed by atoms with Crippen LogP contribution in [-0.2, 0) is 6.61 Å². The third-order valence-electron chi connectivity index (χ3n) is 5.08. The van der Waals surface area contributed by atoms with Crippen molar-refractivity contribution in [3.05, 3.63) is 45.4 Å². The third-order valence-corrected chi connectivity index (χ3v) is 5.90. The fraction of sp³-hybridized carbons (Fsp3) is 0.500. The lowest BCUT2D eigenvalue weighted by Crippen LogP contribution is -2.55. The molecule has 0 aliphatic heterocycles. The van der Waals surface area contributed by atoms with Gasteiger partial charge in [-0.2, -0.15) is 0 Å². The highest BCUT2D eigenvalue weighted by atomic mass is 32.1. The van der Waals surface area contributed by atoms with Crippen LogP contribution in [0.4, 0.5) is 4.79 Å². The van der Waals surface area contributed by atoms with Crippen LogP contribution < -0.4 is 20.7 Å². The molecule has 2 atom stereocenters. The monoisotopic (exact) mass is 430 g/mol. The van der Waals surface area contributed by atoms with Gasteiger partial charge in [0.25, 0.3) is 5.91 Å². The van der Waals surface area contributed by atoms with Crippen molar-refractivity contribution in [1.29, 1.82) is 0 Å². The van der Waals surface area contributed by atoms with Gasteiger partial charge in [0.2, 0.25) is 0 Å². The fourth-order valence-electron chi connectivity index (χ4n) is 3.74. The summed E-state index contributed by atoms with van der Waals surface area (Å²) >= 11 is 1.41. The molecule has 0 saturated heterocycles. The highest BCUT2D eigenvalue weighted by Crippen LogP contribution is 2.21. The van der Waals surface area contributed by atoms with E-state index in [1.807, 2.05) is 32.9 Å². The predicted molar refractivity (Wildman–Crippen MR) is 118 cm³/mol. The molecule has 1 aliphatic carbocycles.